The van der Waals surface area contributed by atoms with Crippen molar-refractivity contribution in [3.63, 3.8) is 0 Å². The first-order valence-electron chi connectivity index (χ1n) is 9.70. The summed E-state index contributed by atoms with van der Waals surface area (Å²) in [6, 6.07) is 7.14. The van der Waals surface area contributed by atoms with Crippen LogP contribution in [0.2, 0.25) is 0 Å². The number of amides is 3. The van der Waals surface area contributed by atoms with Gasteiger partial charge in [-0.25, -0.2) is 0 Å². The molecule has 1 N–H and O–H groups in total. The third-order valence-corrected chi connectivity index (χ3v) is 5.54. The topological polar surface area (TPSA) is 109 Å². The lowest BCUT2D eigenvalue weighted by Crippen LogP contribution is -2.62. The molecule has 152 valence electrons. The Bertz CT molecular complexity index is 971. The number of anilines is 1. The van der Waals surface area contributed by atoms with Gasteiger partial charge in [0.05, 0.1) is 11.3 Å². The first kappa shape index (κ1) is 19.1. The number of nitrogens with zero attached hydrogens (tertiary/aromatic N) is 4. The van der Waals surface area contributed by atoms with Crippen LogP contribution in [0, 0.1) is 6.92 Å². The summed E-state index contributed by atoms with van der Waals surface area (Å²) in [5, 5.41) is 6.52. The second-order valence-electron chi connectivity index (χ2n) is 7.51. The average Bonchev–Trinajstić information content (AvgIpc) is 3.24. The molecule has 0 saturated carbocycles. The molecule has 1 aromatic carbocycles. The van der Waals surface area contributed by atoms with E-state index in [1.807, 2.05) is 13.0 Å². The van der Waals surface area contributed by atoms with Crippen LogP contribution in [0.1, 0.15) is 48.3 Å². The molecule has 1 fully saturated rings. The Kier molecular flexibility index (Phi) is 4.81. The zero-order chi connectivity index (χ0) is 20.6. The van der Waals surface area contributed by atoms with Crippen LogP contribution in [0.3, 0.4) is 0 Å². The van der Waals surface area contributed by atoms with Gasteiger partial charge in [-0.05, 0) is 32.4 Å². The molecule has 2 aromatic rings. The number of rotatable bonds is 6. The molecule has 0 bridgehead atoms. The largest absolute Gasteiger partial charge is 0.356 e. The Labute approximate surface area is 168 Å². The number of carbonyl (C=O) groups is 3. The highest BCUT2D eigenvalue weighted by Gasteiger charge is 2.52. The number of carbonyl (C=O) groups excluding carboxylic acids is 3. The molecule has 3 amide bonds. The van der Waals surface area contributed by atoms with Gasteiger partial charge in [-0.15, -0.1) is 0 Å². The lowest BCUT2D eigenvalue weighted by atomic mass is 9.98. The lowest BCUT2D eigenvalue weighted by molar-refractivity contribution is -0.121. The van der Waals surface area contributed by atoms with Crippen LogP contribution in [0.15, 0.2) is 28.8 Å². The first-order valence-corrected chi connectivity index (χ1v) is 9.70. The summed E-state index contributed by atoms with van der Waals surface area (Å²) >= 11 is 0. The highest BCUT2D eigenvalue weighted by Crippen LogP contribution is 2.43. The van der Waals surface area contributed by atoms with Crippen molar-refractivity contribution in [3.05, 3.63) is 41.5 Å². The molecule has 1 atom stereocenters. The SMILES string of the molecule is Cc1noc(CCNC(=O)CCN2C(=O)c3ccccc3N3C(=O)CCC23C)n1. The Hall–Kier alpha value is -3.23. The van der Waals surface area contributed by atoms with Crippen molar-refractivity contribution in [2.45, 2.75) is 45.2 Å². The monoisotopic (exact) mass is 397 g/mol. The molecule has 2 aliphatic heterocycles. The van der Waals surface area contributed by atoms with E-state index in [-0.39, 0.29) is 30.7 Å². The van der Waals surface area contributed by atoms with Crippen LogP contribution in [-0.2, 0) is 16.0 Å². The molecule has 0 spiro atoms. The Morgan fingerprint density at radius 2 is 2.10 bits per heavy atom. The summed E-state index contributed by atoms with van der Waals surface area (Å²) in [6.07, 6.45) is 1.52. The summed E-state index contributed by atoms with van der Waals surface area (Å²) in [6.45, 7) is 4.23. The molecular formula is C20H23N5O4. The summed E-state index contributed by atoms with van der Waals surface area (Å²) in [7, 11) is 0. The second kappa shape index (κ2) is 7.31. The van der Waals surface area contributed by atoms with Crippen molar-refractivity contribution in [2.75, 3.05) is 18.0 Å². The van der Waals surface area contributed by atoms with Gasteiger partial charge in [-0.2, -0.15) is 4.98 Å². The molecule has 1 unspecified atom stereocenters. The smallest absolute Gasteiger partial charge is 0.257 e. The number of hydrogen-bond donors (Lipinski definition) is 1. The number of aryl methyl sites for hydroxylation is 1. The normalized spacial score (nSPS) is 20.6. The second-order valence-corrected chi connectivity index (χ2v) is 7.51. The molecule has 0 aliphatic carbocycles. The molecule has 2 aliphatic rings. The zero-order valence-electron chi connectivity index (χ0n) is 16.5. The third kappa shape index (κ3) is 3.37. The van der Waals surface area contributed by atoms with E-state index in [4.69, 9.17) is 4.52 Å². The van der Waals surface area contributed by atoms with E-state index in [2.05, 4.69) is 15.5 Å². The highest BCUT2D eigenvalue weighted by molar-refractivity contribution is 6.10. The van der Waals surface area contributed by atoms with Crippen LogP contribution in [0.25, 0.3) is 0 Å². The molecule has 29 heavy (non-hydrogen) atoms. The number of aromatic nitrogens is 2. The molecule has 9 nitrogen and oxygen atoms in total. The minimum atomic E-state index is -0.746. The maximum absolute atomic E-state index is 13.1. The van der Waals surface area contributed by atoms with Crippen molar-refractivity contribution in [1.82, 2.24) is 20.4 Å². The van der Waals surface area contributed by atoms with Crippen LogP contribution in [-0.4, -0.2) is 51.5 Å². The standard InChI is InChI=1S/C20H23N5O4/c1-13-22-17(29-23-13)8-11-21-16(26)9-12-24-19(28)14-5-3-4-6-15(14)25-18(27)7-10-20(24,25)2/h3-6H,7-12H2,1-2H3,(H,21,26). The lowest BCUT2D eigenvalue weighted by Gasteiger charge is -2.48. The molecule has 3 heterocycles. The van der Waals surface area contributed by atoms with Crippen molar-refractivity contribution < 1.29 is 18.9 Å². The van der Waals surface area contributed by atoms with Crippen molar-refractivity contribution >= 4 is 23.4 Å². The van der Waals surface area contributed by atoms with Crippen LogP contribution in [0.4, 0.5) is 5.69 Å². The van der Waals surface area contributed by atoms with Crippen molar-refractivity contribution in [1.29, 1.82) is 0 Å². The fraction of sp³-hybridized carbons (Fsp3) is 0.450. The zero-order valence-corrected chi connectivity index (χ0v) is 16.5. The molecule has 1 aromatic heterocycles. The van der Waals surface area contributed by atoms with E-state index in [1.165, 1.54) is 0 Å². The number of benzene rings is 1. The molecule has 1 saturated heterocycles. The fourth-order valence-electron chi connectivity index (χ4n) is 4.09. The maximum atomic E-state index is 13.1. The molecular weight excluding hydrogens is 374 g/mol. The molecule has 0 radical (unpaired) electrons. The van der Waals surface area contributed by atoms with Crippen molar-refractivity contribution in [2.24, 2.45) is 0 Å². The van der Waals surface area contributed by atoms with E-state index < -0.39 is 5.66 Å². The third-order valence-electron chi connectivity index (χ3n) is 5.54. The predicted molar refractivity (Wildman–Crippen MR) is 103 cm³/mol. The van der Waals surface area contributed by atoms with Crippen LogP contribution >= 0.6 is 0 Å². The van der Waals surface area contributed by atoms with E-state index in [0.29, 0.717) is 48.8 Å². The fourth-order valence-corrected chi connectivity index (χ4v) is 4.09. The summed E-state index contributed by atoms with van der Waals surface area (Å²) < 4.78 is 5.02. The van der Waals surface area contributed by atoms with Crippen LogP contribution < -0.4 is 10.2 Å². The van der Waals surface area contributed by atoms with Gasteiger partial charge >= 0.3 is 0 Å². The number of hydrogen-bond acceptors (Lipinski definition) is 6. The Morgan fingerprint density at radius 1 is 1.31 bits per heavy atom. The summed E-state index contributed by atoms with van der Waals surface area (Å²) in [5.74, 6) is 0.699. The summed E-state index contributed by atoms with van der Waals surface area (Å²) in [5.41, 5.74) is 0.398. The van der Waals surface area contributed by atoms with Crippen LogP contribution in [0.5, 0.6) is 0 Å². The van der Waals surface area contributed by atoms with Gasteiger partial charge in [0.1, 0.15) is 5.66 Å². The highest BCUT2D eigenvalue weighted by atomic mass is 16.5. The molecule has 4 rings (SSSR count). The molecule has 9 heteroatoms. The van der Waals surface area contributed by atoms with Gasteiger partial charge in [0, 0.05) is 32.4 Å². The maximum Gasteiger partial charge on any atom is 0.257 e. The number of nitrogens with one attached hydrogen (secondary N) is 1. The minimum Gasteiger partial charge on any atom is -0.356 e. The summed E-state index contributed by atoms with van der Waals surface area (Å²) in [4.78, 5) is 45.4. The first-order chi connectivity index (χ1) is 13.9. The minimum absolute atomic E-state index is 0.00301. The number of fused-ring (bicyclic) bond motifs is 3. The Morgan fingerprint density at radius 3 is 2.86 bits per heavy atom. The number of para-hydroxylation sites is 1. The van der Waals surface area contributed by atoms with Gasteiger partial charge < -0.3 is 14.7 Å². The van der Waals surface area contributed by atoms with E-state index >= 15 is 0 Å². The van der Waals surface area contributed by atoms with Gasteiger partial charge in [0.2, 0.25) is 17.7 Å². The van der Waals surface area contributed by atoms with Gasteiger partial charge in [0.25, 0.3) is 5.91 Å². The van der Waals surface area contributed by atoms with E-state index in [9.17, 15) is 14.4 Å². The van der Waals surface area contributed by atoms with E-state index in [0.717, 1.165) is 0 Å². The quantitative estimate of drug-likeness (QED) is 0.790. The predicted octanol–water partition coefficient (Wildman–Crippen LogP) is 1.43. The van der Waals surface area contributed by atoms with Crippen molar-refractivity contribution in [3.8, 4) is 0 Å². The van der Waals surface area contributed by atoms with Gasteiger partial charge in [-0.3, -0.25) is 19.3 Å². The average molecular weight is 397 g/mol. The Balaban J connectivity index is 1.42. The van der Waals surface area contributed by atoms with Gasteiger partial charge in [0.15, 0.2) is 5.82 Å². The van der Waals surface area contributed by atoms with Gasteiger partial charge in [-0.1, -0.05) is 17.3 Å². The van der Waals surface area contributed by atoms with E-state index in [1.54, 1.807) is 34.9 Å².